The minimum absolute atomic E-state index is 0.163. The second kappa shape index (κ2) is 7.90. The molecule has 26 heavy (non-hydrogen) atoms. The number of carbonyl (C=O) groups is 1. The first-order valence-corrected chi connectivity index (χ1v) is 8.47. The van der Waals surface area contributed by atoms with Crippen LogP contribution < -0.4 is 5.32 Å². The van der Waals surface area contributed by atoms with Gasteiger partial charge in [0.05, 0.1) is 19.0 Å². The molecule has 1 N–H and O–H groups in total. The lowest BCUT2D eigenvalue weighted by molar-refractivity contribution is -0.159. The number of rotatable bonds is 6. The van der Waals surface area contributed by atoms with E-state index in [9.17, 15) is 18.0 Å². The van der Waals surface area contributed by atoms with Gasteiger partial charge in [0, 0.05) is 6.54 Å². The number of piperidine rings is 1. The Morgan fingerprint density at radius 3 is 2.69 bits per heavy atom. The van der Waals surface area contributed by atoms with Crippen LogP contribution >= 0.6 is 0 Å². The number of halogens is 3. The van der Waals surface area contributed by atoms with E-state index in [0.717, 1.165) is 44.8 Å². The zero-order valence-corrected chi connectivity index (χ0v) is 14.1. The highest BCUT2D eigenvalue weighted by Crippen LogP contribution is 2.33. The molecule has 7 nitrogen and oxygen atoms in total. The van der Waals surface area contributed by atoms with E-state index in [1.54, 1.807) is 0 Å². The third-order valence-electron chi connectivity index (χ3n) is 4.30. The molecule has 0 saturated carbocycles. The Kier molecular flexibility index (Phi) is 5.60. The molecule has 0 bridgehead atoms. The van der Waals surface area contributed by atoms with Crippen LogP contribution in [0.4, 0.5) is 13.2 Å². The van der Waals surface area contributed by atoms with E-state index in [0.29, 0.717) is 6.54 Å². The van der Waals surface area contributed by atoms with Crippen LogP contribution in [-0.4, -0.2) is 51.6 Å². The molecule has 2 aromatic heterocycles. The number of carbonyl (C=O) groups excluding carboxylic acids is 1. The fourth-order valence-electron chi connectivity index (χ4n) is 2.91. The topological polar surface area (TPSA) is 76.2 Å². The number of nitrogens with one attached hydrogen (secondary N) is 1. The molecule has 10 heteroatoms. The van der Waals surface area contributed by atoms with E-state index < -0.39 is 18.1 Å². The molecular weight excluding hydrogens is 351 g/mol. The van der Waals surface area contributed by atoms with E-state index in [4.69, 9.17) is 4.42 Å². The normalized spacial score (nSPS) is 17.2. The molecular formula is C16H20F3N5O2. The van der Waals surface area contributed by atoms with Gasteiger partial charge < -0.3 is 14.6 Å². The third kappa shape index (κ3) is 4.63. The number of likely N-dealkylation sites (tertiary alicyclic amines) is 1. The summed E-state index contributed by atoms with van der Waals surface area (Å²) in [6.07, 6.45) is 1.36. The molecule has 0 radical (unpaired) electrons. The molecule has 0 unspecified atom stereocenters. The standard InChI is InChI=1S/C16H20F3N5O2/c17-16(18,19)14(13-5-4-10-26-13)20-15(25)12-11-24(22-21-12)9-8-23-6-2-1-3-7-23/h4-5,10-11,14H,1-3,6-9H2,(H,20,25)/t14-/m1/s1. The van der Waals surface area contributed by atoms with Crippen LogP contribution in [-0.2, 0) is 6.54 Å². The zero-order chi connectivity index (χ0) is 18.6. The van der Waals surface area contributed by atoms with Gasteiger partial charge in [-0.25, -0.2) is 0 Å². The maximum Gasteiger partial charge on any atom is 0.415 e. The monoisotopic (exact) mass is 371 g/mol. The van der Waals surface area contributed by atoms with Gasteiger partial charge in [-0.1, -0.05) is 11.6 Å². The first-order valence-electron chi connectivity index (χ1n) is 8.47. The maximum atomic E-state index is 13.2. The number of hydrogen-bond acceptors (Lipinski definition) is 5. The summed E-state index contributed by atoms with van der Waals surface area (Å²) in [5.41, 5.74) is -0.163. The van der Waals surface area contributed by atoms with Crippen molar-refractivity contribution in [3.8, 4) is 0 Å². The van der Waals surface area contributed by atoms with Crippen molar-refractivity contribution in [2.24, 2.45) is 0 Å². The summed E-state index contributed by atoms with van der Waals surface area (Å²) in [6, 6.07) is 0.258. The fraction of sp³-hybridized carbons (Fsp3) is 0.562. The predicted octanol–water partition coefficient (Wildman–Crippen LogP) is 2.39. The Labute approximate surface area is 148 Å². The summed E-state index contributed by atoms with van der Waals surface area (Å²) >= 11 is 0. The first-order chi connectivity index (χ1) is 12.4. The molecule has 1 aliphatic rings. The number of furan rings is 1. The molecule has 142 valence electrons. The lowest BCUT2D eigenvalue weighted by Gasteiger charge is -2.25. The molecule has 0 aromatic carbocycles. The van der Waals surface area contributed by atoms with Crippen LogP contribution in [0.15, 0.2) is 29.0 Å². The summed E-state index contributed by atoms with van der Waals surface area (Å²) in [5, 5.41) is 9.42. The summed E-state index contributed by atoms with van der Waals surface area (Å²) < 4.78 is 45.8. The number of hydrogen-bond donors (Lipinski definition) is 1. The second-order valence-electron chi connectivity index (χ2n) is 6.23. The van der Waals surface area contributed by atoms with Gasteiger partial charge in [-0.15, -0.1) is 5.10 Å². The van der Waals surface area contributed by atoms with Crippen LogP contribution in [0.1, 0.15) is 41.6 Å². The van der Waals surface area contributed by atoms with Gasteiger partial charge in [0.1, 0.15) is 5.76 Å². The van der Waals surface area contributed by atoms with Gasteiger partial charge in [-0.05, 0) is 38.1 Å². The fourth-order valence-corrected chi connectivity index (χ4v) is 2.91. The molecule has 0 spiro atoms. The van der Waals surface area contributed by atoms with Gasteiger partial charge in [-0.3, -0.25) is 9.48 Å². The Morgan fingerprint density at radius 1 is 1.27 bits per heavy atom. The lowest BCUT2D eigenvalue weighted by Crippen LogP contribution is -2.38. The maximum absolute atomic E-state index is 13.2. The van der Waals surface area contributed by atoms with Crippen molar-refractivity contribution >= 4 is 5.91 Å². The predicted molar refractivity (Wildman–Crippen MR) is 85.3 cm³/mol. The number of alkyl halides is 3. The highest BCUT2D eigenvalue weighted by molar-refractivity contribution is 5.92. The van der Waals surface area contributed by atoms with Crippen molar-refractivity contribution in [3.63, 3.8) is 0 Å². The minimum atomic E-state index is -4.68. The highest BCUT2D eigenvalue weighted by Gasteiger charge is 2.44. The van der Waals surface area contributed by atoms with E-state index in [1.165, 1.54) is 23.4 Å². The largest absolute Gasteiger partial charge is 0.467 e. The van der Waals surface area contributed by atoms with E-state index in [1.807, 2.05) is 5.32 Å². The van der Waals surface area contributed by atoms with Crippen LogP contribution in [0.5, 0.6) is 0 Å². The lowest BCUT2D eigenvalue weighted by atomic mass is 10.1. The van der Waals surface area contributed by atoms with Crippen molar-refractivity contribution in [3.05, 3.63) is 36.0 Å². The quantitative estimate of drug-likeness (QED) is 0.844. The molecule has 3 rings (SSSR count). The Balaban J connectivity index is 1.60. The Hall–Kier alpha value is -2.36. The highest BCUT2D eigenvalue weighted by atomic mass is 19.4. The average molecular weight is 371 g/mol. The molecule has 3 heterocycles. The SMILES string of the molecule is O=C(N[C@H](c1ccco1)C(F)(F)F)c1cn(CCN2CCCCC2)nn1. The van der Waals surface area contributed by atoms with Crippen LogP contribution in [0, 0.1) is 0 Å². The van der Waals surface area contributed by atoms with Crippen LogP contribution in [0.25, 0.3) is 0 Å². The van der Waals surface area contributed by atoms with E-state index >= 15 is 0 Å². The van der Waals surface area contributed by atoms with Crippen LogP contribution in [0.2, 0.25) is 0 Å². The molecule has 1 fully saturated rings. The van der Waals surface area contributed by atoms with Crippen molar-refractivity contribution in [1.82, 2.24) is 25.2 Å². The smallest absolute Gasteiger partial charge is 0.415 e. The molecule has 2 aromatic rings. The molecule has 1 aliphatic heterocycles. The number of nitrogens with zero attached hydrogens (tertiary/aromatic N) is 4. The summed E-state index contributed by atoms with van der Waals surface area (Å²) in [5.74, 6) is -1.34. The van der Waals surface area contributed by atoms with E-state index in [2.05, 4.69) is 15.2 Å². The third-order valence-corrected chi connectivity index (χ3v) is 4.30. The number of aromatic nitrogens is 3. The van der Waals surface area contributed by atoms with Crippen molar-refractivity contribution < 1.29 is 22.4 Å². The number of amides is 1. The molecule has 1 saturated heterocycles. The van der Waals surface area contributed by atoms with Crippen molar-refractivity contribution in [2.45, 2.75) is 38.0 Å². The molecule has 0 aliphatic carbocycles. The average Bonchev–Trinajstić information content (AvgIpc) is 3.29. The van der Waals surface area contributed by atoms with Gasteiger partial charge in [0.2, 0.25) is 0 Å². The Morgan fingerprint density at radius 2 is 2.04 bits per heavy atom. The molecule has 1 amide bonds. The van der Waals surface area contributed by atoms with Gasteiger partial charge >= 0.3 is 6.18 Å². The zero-order valence-electron chi connectivity index (χ0n) is 14.1. The van der Waals surface area contributed by atoms with Crippen molar-refractivity contribution in [1.29, 1.82) is 0 Å². The summed E-state index contributed by atoms with van der Waals surface area (Å²) in [7, 11) is 0. The van der Waals surface area contributed by atoms with E-state index in [-0.39, 0.29) is 11.5 Å². The Bertz CT molecular complexity index is 708. The first kappa shape index (κ1) is 18.4. The van der Waals surface area contributed by atoms with Gasteiger partial charge in [0.25, 0.3) is 5.91 Å². The van der Waals surface area contributed by atoms with Gasteiger partial charge in [0.15, 0.2) is 11.7 Å². The minimum Gasteiger partial charge on any atom is -0.467 e. The van der Waals surface area contributed by atoms with Crippen LogP contribution in [0.3, 0.4) is 0 Å². The van der Waals surface area contributed by atoms with Crippen molar-refractivity contribution in [2.75, 3.05) is 19.6 Å². The second-order valence-corrected chi connectivity index (χ2v) is 6.23. The van der Waals surface area contributed by atoms with Gasteiger partial charge in [-0.2, -0.15) is 13.2 Å². The summed E-state index contributed by atoms with van der Waals surface area (Å²) in [6.45, 7) is 3.35. The summed E-state index contributed by atoms with van der Waals surface area (Å²) in [4.78, 5) is 14.4. The molecule has 1 atom stereocenters.